The lowest BCUT2D eigenvalue weighted by atomic mass is 10.0. The number of rotatable bonds is 6. The Morgan fingerprint density at radius 1 is 1.21 bits per heavy atom. The van der Waals surface area contributed by atoms with Crippen LogP contribution in [0.3, 0.4) is 0 Å². The fourth-order valence-corrected chi connectivity index (χ4v) is 2.57. The number of hydrogen-bond donors (Lipinski definition) is 1. The molecule has 1 atom stereocenters. The Hall–Kier alpha value is -1.19. The van der Waals surface area contributed by atoms with E-state index in [4.69, 9.17) is 0 Å². The molecule has 19 heavy (non-hydrogen) atoms. The summed E-state index contributed by atoms with van der Waals surface area (Å²) in [5, 5.41) is 3.62. The van der Waals surface area contributed by atoms with Gasteiger partial charge >= 0.3 is 0 Å². The van der Waals surface area contributed by atoms with E-state index in [2.05, 4.69) is 69.6 Å². The largest absolute Gasteiger partial charge is 0.306 e. The maximum atomic E-state index is 4.19. The van der Waals surface area contributed by atoms with Crippen molar-refractivity contribution in [2.75, 3.05) is 0 Å². The lowest BCUT2D eigenvalue weighted by Gasteiger charge is -2.18. The molecular weight excluding hydrogens is 300 g/mol. The Morgan fingerprint density at radius 2 is 2.00 bits per heavy atom. The SMILES string of the molecule is CCCC(NCc1cncc(Br)c1)c1ccccc1. The van der Waals surface area contributed by atoms with Crippen LogP contribution >= 0.6 is 15.9 Å². The van der Waals surface area contributed by atoms with Crippen LogP contribution in [0, 0.1) is 0 Å². The standard InChI is InChI=1S/C16H19BrN2/c1-2-6-16(14-7-4-3-5-8-14)19-11-13-9-15(17)12-18-10-13/h3-5,7-10,12,16,19H,2,6,11H2,1H3. The lowest BCUT2D eigenvalue weighted by molar-refractivity contribution is 0.493. The van der Waals surface area contributed by atoms with Gasteiger partial charge in [0.1, 0.15) is 0 Å². The van der Waals surface area contributed by atoms with E-state index in [0.717, 1.165) is 17.4 Å². The highest BCUT2D eigenvalue weighted by atomic mass is 79.9. The monoisotopic (exact) mass is 318 g/mol. The highest BCUT2D eigenvalue weighted by Gasteiger charge is 2.09. The van der Waals surface area contributed by atoms with Crippen molar-refractivity contribution in [3.8, 4) is 0 Å². The zero-order valence-corrected chi connectivity index (χ0v) is 12.7. The van der Waals surface area contributed by atoms with Gasteiger partial charge in [0.15, 0.2) is 0 Å². The van der Waals surface area contributed by atoms with Gasteiger partial charge in [-0.2, -0.15) is 0 Å². The van der Waals surface area contributed by atoms with E-state index in [-0.39, 0.29) is 0 Å². The van der Waals surface area contributed by atoms with E-state index in [0.29, 0.717) is 6.04 Å². The van der Waals surface area contributed by atoms with E-state index < -0.39 is 0 Å². The molecule has 0 radical (unpaired) electrons. The predicted molar refractivity (Wildman–Crippen MR) is 82.9 cm³/mol. The molecule has 2 nitrogen and oxygen atoms in total. The summed E-state index contributed by atoms with van der Waals surface area (Å²) in [5.74, 6) is 0. The number of aromatic nitrogens is 1. The molecule has 1 heterocycles. The summed E-state index contributed by atoms with van der Waals surface area (Å²) in [4.78, 5) is 4.19. The molecule has 0 aliphatic heterocycles. The number of benzene rings is 1. The van der Waals surface area contributed by atoms with Crippen molar-refractivity contribution in [2.24, 2.45) is 0 Å². The fourth-order valence-electron chi connectivity index (χ4n) is 2.15. The topological polar surface area (TPSA) is 24.9 Å². The van der Waals surface area contributed by atoms with Crippen LogP contribution in [0.25, 0.3) is 0 Å². The predicted octanol–water partition coefficient (Wildman–Crippen LogP) is 4.48. The molecule has 2 aromatic rings. The van der Waals surface area contributed by atoms with Gasteiger partial charge in [0.2, 0.25) is 0 Å². The molecule has 1 unspecified atom stereocenters. The molecule has 0 spiro atoms. The van der Waals surface area contributed by atoms with Gasteiger partial charge in [-0.3, -0.25) is 4.98 Å². The van der Waals surface area contributed by atoms with E-state index in [1.807, 2.05) is 12.4 Å². The number of nitrogens with one attached hydrogen (secondary N) is 1. The van der Waals surface area contributed by atoms with Gasteiger partial charge in [0.25, 0.3) is 0 Å². The lowest BCUT2D eigenvalue weighted by Crippen LogP contribution is -2.20. The Morgan fingerprint density at radius 3 is 2.68 bits per heavy atom. The molecule has 0 bridgehead atoms. The average Bonchev–Trinajstić information content (AvgIpc) is 2.44. The Labute approximate surface area is 123 Å². The maximum Gasteiger partial charge on any atom is 0.0410 e. The van der Waals surface area contributed by atoms with Gasteiger partial charge < -0.3 is 5.32 Å². The highest BCUT2D eigenvalue weighted by molar-refractivity contribution is 9.10. The zero-order valence-electron chi connectivity index (χ0n) is 11.1. The van der Waals surface area contributed by atoms with E-state index in [9.17, 15) is 0 Å². The summed E-state index contributed by atoms with van der Waals surface area (Å²) in [6.45, 7) is 3.06. The minimum Gasteiger partial charge on any atom is -0.306 e. The molecule has 2 rings (SSSR count). The second-order valence-corrected chi connectivity index (χ2v) is 5.56. The van der Waals surface area contributed by atoms with E-state index in [1.165, 1.54) is 17.5 Å². The Bertz CT molecular complexity index is 499. The second-order valence-electron chi connectivity index (χ2n) is 4.64. The van der Waals surface area contributed by atoms with Gasteiger partial charge in [-0.25, -0.2) is 0 Å². The number of hydrogen-bond acceptors (Lipinski definition) is 2. The number of halogens is 1. The molecule has 3 heteroatoms. The summed E-state index contributed by atoms with van der Waals surface area (Å²) >= 11 is 3.45. The van der Waals surface area contributed by atoms with Crippen LogP contribution in [0.1, 0.15) is 36.9 Å². The summed E-state index contributed by atoms with van der Waals surface area (Å²) in [7, 11) is 0. The third-order valence-electron chi connectivity index (χ3n) is 3.09. The number of nitrogens with zero attached hydrogens (tertiary/aromatic N) is 1. The van der Waals surface area contributed by atoms with Crippen LogP contribution in [-0.4, -0.2) is 4.98 Å². The van der Waals surface area contributed by atoms with Gasteiger partial charge in [0.05, 0.1) is 0 Å². The number of pyridine rings is 1. The van der Waals surface area contributed by atoms with Crippen LogP contribution in [0.4, 0.5) is 0 Å². The third-order valence-corrected chi connectivity index (χ3v) is 3.53. The summed E-state index contributed by atoms with van der Waals surface area (Å²) in [6, 6.07) is 13.1. The molecule has 0 fully saturated rings. The quantitative estimate of drug-likeness (QED) is 0.849. The third kappa shape index (κ3) is 4.44. The average molecular weight is 319 g/mol. The van der Waals surface area contributed by atoms with Crippen LogP contribution in [0.15, 0.2) is 53.3 Å². The van der Waals surface area contributed by atoms with Gasteiger partial charge in [-0.05, 0) is 39.5 Å². The first-order valence-corrected chi connectivity index (χ1v) is 7.46. The molecule has 0 amide bonds. The zero-order chi connectivity index (χ0) is 13.5. The molecule has 0 aliphatic carbocycles. The first-order valence-electron chi connectivity index (χ1n) is 6.67. The molecule has 0 saturated carbocycles. The highest BCUT2D eigenvalue weighted by Crippen LogP contribution is 2.19. The summed E-state index contributed by atoms with van der Waals surface area (Å²) in [5.41, 5.74) is 2.55. The van der Waals surface area contributed by atoms with Gasteiger partial charge in [-0.15, -0.1) is 0 Å². The minimum atomic E-state index is 0.408. The van der Waals surface area contributed by atoms with Crippen molar-refractivity contribution < 1.29 is 0 Å². The Kier molecular flexibility index (Phi) is 5.55. The maximum absolute atomic E-state index is 4.19. The molecule has 1 aromatic heterocycles. The summed E-state index contributed by atoms with van der Waals surface area (Å²) < 4.78 is 1.03. The van der Waals surface area contributed by atoms with Crippen molar-refractivity contribution in [1.29, 1.82) is 0 Å². The van der Waals surface area contributed by atoms with Gasteiger partial charge in [0, 0.05) is 29.5 Å². The van der Waals surface area contributed by atoms with Crippen molar-refractivity contribution in [3.05, 3.63) is 64.4 Å². The first-order chi connectivity index (χ1) is 9.29. The van der Waals surface area contributed by atoms with Gasteiger partial charge in [-0.1, -0.05) is 43.7 Å². The molecule has 0 aliphatic rings. The smallest absolute Gasteiger partial charge is 0.0410 e. The normalized spacial score (nSPS) is 12.3. The van der Waals surface area contributed by atoms with Crippen LogP contribution in [-0.2, 0) is 6.54 Å². The summed E-state index contributed by atoms with van der Waals surface area (Å²) in [6.07, 6.45) is 6.03. The van der Waals surface area contributed by atoms with Crippen molar-refractivity contribution in [2.45, 2.75) is 32.4 Å². The van der Waals surface area contributed by atoms with Crippen molar-refractivity contribution in [1.82, 2.24) is 10.3 Å². The van der Waals surface area contributed by atoms with E-state index >= 15 is 0 Å². The molecule has 0 saturated heterocycles. The second kappa shape index (κ2) is 7.41. The van der Waals surface area contributed by atoms with E-state index in [1.54, 1.807) is 0 Å². The molecule has 100 valence electrons. The van der Waals surface area contributed by atoms with Crippen molar-refractivity contribution in [3.63, 3.8) is 0 Å². The van der Waals surface area contributed by atoms with Crippen LogP contribution in [0.5, 0.6) is 0 Å². The van der Waals surface area contributed by atoms with Crippen molar-refractivity contribution >= 4 is 15.9 Å². The van der Waals surface area contributed by atoms with Crippen LogP contribution in [0.2, 0.25) is 0 Å². The molecule has 1 N–H and O–H groups in total. The molecular formula is C16H19BrN2. The fraction of sp³-hybridized carbons (Fsp3) is 0.312. The van der Waals surface area contributed by atoms with Crippen LogP contribution < -0.4 is 5.32 Å². The molecule has 1 aromatic carbocycles. The first kappa shape index (κ1) is 14.2. The minimum absolute atomic E-state index is 0.408. The Balaban J connectivity index is 2.01.